The van der Waals surface area contributed by atoms with Crippen LogP contribution in [0, 0.1) is 23.2 Å². The number of ether oxygens (including phenoxy) is 1. The Hall–Kier alpha value is -0.0400. The van der Waals surface area contributed by atoms with E-state index in [0.717, 1.165) is 24.4 Å². The Morgan fingerprint density at radius 1 is 0.867 bits per heavy atom. The maximum absolute atomic E-state index is 6.04. The summed E-state index contributed by atoms with van der Waals surface area (Å²) in [6, 6.07) is 0. The van der Waals surface area contributed by atoms with Crippen LogP contribution in [0.2, 0.25) is 0 Å². The van der Waals surface area contributed by atoms with Gasteiger partial charge in [0.1, 0.15) is 0 Å². The molecule has 0 spiro atoms. The molecule has 0 N–H and O–H groups in total. The average molecular weight is 206 g/mol. The highest BCUT2D eigenvalue weighted by molar-refractivity contribution is 5.05. The molecule has 1 unspecified atom stereocenters. The highest BCUT2D eigenvalue weighted by Gasteiger charge is 2.54. The minimum Gasteiger partial charge on any atom is -0.378 e. The summed E-state index contributed by atoms with van der Waals surface area (Å²) in [7, 11) is 0. The molecule has 84 valence electrons. The van der Waals surface area contributed by atoms with E-state index in [2.05, 4.69) is 0 Å². The molecule has 1 nitrogen and oxygen atoms in total. The molecule has 1 heterocycles. The molecule has 4 saturated carbocycles. The van der Waals surface area contributed by atoms with Crippen molar-refractivity contribution in [1.82, 2.24) is 0 Å². The van der Waals surface area contributed by atoms with Crippen molar-refractivity contribution in [2.24, 2.45) is 23.2 Å². The molecule has 5 rings (SSSR count). The van der Waals surface area contributed by atoms with Crippen LogP contribution in [0.25, 0.3) is 0 Å². The summed E-state index contributed by atoms with van der Waals surface area (Å²) in [6.45, 7) is 1.05. The van der Waals surface area contributed by atoms with Gasteiger partial charge in [-0.25, -0.2) is 0 Å². The second-order valence-corrected chi connectivity index (χ2v) is 6.78. The summed E-state index contributed by atoms with van der Waals surface area (Å²) in [5.74, 6) is 3.25. The van der Waals surface area contributed by atoms with Crippen LogP contribution in [-0.4, -0.2) is 12.7 Å². The van der Waals surface area contributed by atoms with Gasteiger partial charge < -0.3 is 4.74 Å². The van der Waals surface area contributed by atoms with Crippen molar-refractivity contribution >= 4 is 0 Å². The maximum Gasteiger partial charge on any atom is 0.0632 e. The van der Waals surface area contributed by atoms with Gasteiger partial charge in [0.15, 0.2) is 0 Å². The van der Waals surface area contributed by atoms with E-state index in [0.29, 0.717) is 11.5 Å². The Morgan fingerprint density at radius 2 is 1.47 bits per heavy atom. The van der Waals surface area contributed by atoms with Crippen LogP contribution in [0.1, 0.15) is 51.4 Å². The topological polar surface area (TPSA) is 9.23 Å². The van der Waals surface area contributed by atoms with E-state index in [4.69, 9.17) is 4.74 Å². The van der Waals surface area contributed by atoms with Crippen molar-refractivity contribution in [3.63, 3.8) is 0 Å². The lowest BCUT2D eigenvalue weighted by Crippen LogP contribution is -2.51. The molecule has 0 amide bonds. The molecule has 1 heteroatoms. The minimum absolute atomic E-state index is 0.658. The first kappa shape index (κ1) is 9.04. The van der Waals surface area contributed by atoms with E-state index >= 15 is 0 Å². The van der Waals surface area contributed by atoms with Crippen LogP contribution in [0.3, 0.4) is 0 Å². The zero-order valence-corrected chi connectivity index (χ0v) is 9.58. The average Bonchev–Trinajstić information content (AvgIpc) is 2.67. The third-order valence-electron chi connectivity index (χ3n) is 5.70. The Balaban J connectivity index is 1.65. The lowest BCUT2D eigenvalue weighted by Gasteiger charge is -2.58. The molecule has 0 aromatic carbocycles. The molecular formula is C14H22O. The summed E-state index contributed by atoms with van der Waals surface area (Å²) in [5.41, 5.74) is 0.658. The first-order chi connectivity index (χ1) is 7.34. The second-order valence-electron chi connectivity index (χ2n) is 6.78. The third kappa shape index (κ3) is 1.25. The van der Waals surface area contributed by atoms with E-state index in [-0.39, 0.29) is 0 Å². The van der Waals surface area contributed by atoms with Crippen molar-refractivity contribution in [3.05, 3.63) is 0 Å². The van der Waals surface area contributed by atoms with Crippen molar-refractivity contribution in [3.8, 4) is 0 Å². The van der Waals surface area contributed by atoms with Gasteiger partial charge in [-0.2, -0.15) is 0 Å². The van der Waals surface area contributed by atoms with Crippen LogP contribution in [0.5, 0.6) is 0 Å². The predicted molar refractivity (Wildman–Crippen MR) is 59.6 cm³/mol. The first-order valence-electron chi connectivity index (χ1n) is 6.96. The first-order valence-corrected chi connectivity index (χ1v) is 6.96. The van der Waals surface area contributed by atoms with Crippen LogP contribution in [-0.2, 0) is 4.74 Å². The van der Waals surface area contributed by atoms with Gasteiger partial charge in [0.05, 0.1) is 6.10 Å². The second kappa shape index (κ2) is 3.00. The van der Waals surface area contributed by atoms with Gasteiger partial charge in [0.2, 0.25) is 0 Å². The normalized spacial score (nSPS) is 57.6. The smallest absolute Gasteiger partial charge is 0.0632 e. The van der Waals surface area contributed by atoms with E-state index in [1.54, 1.807) is 19.3 Å². The van der Waals surface area contributed by atoms with Gasteiger partial charge in [0.25, 0.3) is 0 Å². The molecule has 1 saturated heterocycles. The van der Waals surface area contributed by atoms with E-state index in [1.165, 1.54) is 32.1 Å². The Labute approximate surface area is 92.6 Å². The predicted octanol–water partition coefficient (Wildman–Crippen LogP) is 3.38. The molecule has 0 aromatic heterocycles. The number of rotatable bonds is 1. The summed E-state index contributed by atoms with van der Waals surface area (Å²) >= 11 is 0. The van der Waals surface area contributed by atoms with Gasteiger partial charge in [-0.05, 0) is 74.5 Å². The fourth-order valence-electron chi connectivity index (χ4n) is 5.63. The molecule has 4 bridgehead atoms. The van der Waals surface area contributed by atoms with Gasteiger partial charge in [0, 0.05) is 6.61 Å². The summed E-state index contributed by atoms with van der Waals surface area (Å²) in [5, 5.41) is 0. The third-order valence-corrected chi connectivity index (χ3v) is 5.70. The van der Waals surface area contributed by atoms with Gasteiger partial charge >= 0.3 is 0 Å². The number of hydrogen-bond donors (Lipinski definition) is 0. The monoisotopic (exact) mass is 206 g/mol. The summed E-state index contributed by atoms with van der Waals surface area (Å²) in [4.78, 5) is 0. The highest BCUT2D eigenvalue weighted by atomic mass is 16.5. The zero-order valence-electron chi connectivity index (χ0n) is 9.58. The van der Waals surface area contributed by atoms with Crippen LogP contribution >= 0.6 is 0 Å². The van der Waals surface area contributed by atoms with E-state index in [9.17, 15) is 0 Å². The summed E-state index contributed by atoms with van der Waals surface area (Å²) in [6.07, 6.45) is 12.6. The van der Waals surface area contributed by atoms with E-state index < -0.39 is 0 Å². The Kier molecular flexibility index (Phi) is 1.81. The molecule has 5 fully saturated rings. The fourth-order valence-corrected chi connectivity index (χ4v) is 5.63. The molecule has 4 aliphatic carbocycles. The molecule has 1 atom stereocenters. The van der Waals surface area contributed by atoms with Gasteiger partial charge in [-0.3, -0.25) is 0 Å². The van der Waals surface area contributed by atoms with E-state index in [1.807, 2.05) is 0 Å². The van der Waals surface area contributed by atoms with Gasteiger partial charge in [-0.1, -0.05) is 0 Å². The molecule has 15 heavy (non-hydrogen) atoms. The van der Waals surface area contributed by atoms with Crippen LogP contribution < -0.4 is 0 Å². The van der Waals surface area contributed by atoms with Crippen LogP contribution in [0.4, 0.5) is 0 Å². The highest BCUT2D eigenvalue weighted by Crippen LogP contribution is 2.62. The molecule has 5 aliphatic rings. The number of hydrogen-bond acceptors (Lipinski definition) is 1. The Morgan fingerprint density at radius 3 is 1.93 bits per heavy atom. The minimum atomic E-state index is 0.658. The lowest BCUT2D eigenvalue weighted by molar-refractivity contribution is -0.125. The van der Waals surface area contributed by atoms with Crippen molar-refractivity contribution in [2.45, 2.75) is 57.5 Å². The zero-order chi connectivity index (χ0) is 9.88. The quantitative estimate of drug-likeness (QED) is 0.639. The van der Waals surface area contributed by atoms with Gasteiger partial charge in [-0.15, -0.1) is 0 Å². The standard InChI is InChI=1S/C14H22O/c1-2-13(15-3-1)14-7-10-4-11(8-14)6-12(5-10)9-14/h10-13H,1-9H2. The fraction of sp³-hybridized carbons (Fsp3) is 1.00. The largest absolute Gasteiger partial charge is 0.378 e. The van der Waals surface area contributed by atoms with Crippen molar-refractivity contribution in [2.75, 3.05) is 6.61 Å². The molecule has 0 radical (unpaired) electrons. The maximum atomic E-state index is 6.04. The van der Waals surface area contributed by atoms with Crippen LogP contribution in [0.15, 0.2) is 0 Å². The summed E-state index contributed by atoms with van der Waals surface area (Å²) < 4.78 is 6.04. The molecule has 0 aromatic rings. The van der Waals surface area contributed by atoms with Crippen molar-refractivity contribution < 1.29 is 4.74 Å². The molecular weight excluding hydrogens is 184 g/mol. The SMILES string of the molecule is C1COC(C23CC4CC(CC(C4)C2)C3)C1. The Bertz CT molecular complexity index is 229. The lowest BCUT2D eigenvalue weighted by atomic mass is 9.48. The molecule has 1 aliphatic heterocycles. The van der Waals surface area contributed by atoms with Crippen molar-refractivity contribution in [1.29, 1.82) is 0 Å².